The number of hydrogen-bond donors (Lipinski definition) is 2. The molecule has 29 heavy (non-hydrogen) atoms. The topological polar surface area (TPSA) is 90.0 Å². The number of nitrogens with one attached hydrogen (secondary N) is 1. The van der Waals surface area contributed by atoms with Crippen LogP contribution in [-0.2, 0) is 9.59 Å². The molecular weight excluding hydrogens is 394 g/mol. The van der Waals surface area contributed by atoms with Gasteiger partial charge in [-0.1, -0.05) is 11.6 Å². The highest BCUT2D eigenvalue weighted by Crippen LogP contribution is 2.38. The van der Waals surface area contributed by atoms with Crippen LogP contribution in [0.2, 0.25) is 5.02 Å². The molecule has 2 saturated heterocycles. The monoisotopic (exact) mass is 421 g/mol. The Bertz CT molecular complexity index is 766. The normalized spacial score (nSPS) is 25.5. The average molecular weight is 422 g/mol. The van der Waals surface area contributed by atoms with Crippen molar-refractivity contribution in [3.63, 3.8) is 0 Å². The van der Waals surface area contributed by atoms with E-state index in [1.54, 1.807) is 6.07 Å². The molecule has 1 aromatic carbocycles. The number of benzene rings is 1. The molecule has 4 rings (SSSR count). The van der Waals surface area contributed by atoms with E-state index in [-0.39, 0.29) is 24.3 Å². The third-order valence-corrected chi connectivity index (χ3v) is 6.64. The number of amides is 2. The fourth-order valence-electron chi connectivity index (χ4n) is 4.78. The van der Waals surface area contributed by atoms with E-state index in [0.29, 0.717) is 28.8 Å². The lowest BCUT2D eigenvalue weighted by atomic mass is 9.89. The van der Waals surface area contributed by atoms with Crippen molar-refractivity contribution in [1.82, 2.24) is 10.2 Å². The minimum absolute atomic E-state index is 0.0165. The first kappa shape index (κ1) is 21.4. The minimum Gasteiger partial charge on any atom is -0.483 e. The summed E-state index contributed by atoms with van der Waals surface area (Å²) in [5, 5.41) is 10.5. The third kappa shape index (κ3) is 4.83. The third-order valence-electron chi connectivity index (χ3n) is 6.33. The van der Waals surface area contributed by atoms with E-state index < -0.39 is 0 Å². The van der Waals surface area contributed by atoms with Crippen LogP contribution in [0.5, 0.6) is 0 Å². The number of carbonyl (C=O) groups is 3. The Morgan fingerprint density at radius 1 is 1.28 bits per heavy atom. The lowest BCUT2D eigenvalue weighted by molar-refractivity contribution is -0.124. The molecule has 0 bridgehead atoms. The number of carboxylic acid groups (broad SMARTS) is 1. The molecule has 7 nitrogen and oxygen atoms in total. The van der Waals surface area contributed by atoms with Gasteiger partial charge in [0.1, 0.15) is 0 Å². The van der Waals surface area contributed by atoms with Gasteiger partial charge in [-0.25, -0.2) is 0 Å². The van der Waals surface area contributed by atoms with Gasteiger partial charge >= 0.3 is 0 Å². The SMILES string of the molecule is CN(C(=O)c1ccc(N2CCCC2)c(Cl)c1)[C@H]1C[C@H]2CC(=O)NC[C@H]2C1.O=CO. The van der Waals surface area contributed by atoms with Crippen molar-refractivity contribution in [2.75, 3.05) is 31.6 Å². The van der Waals surface area contributed by atoms with Gasteiger partial charge in [-0.05, 0) is 55.7 Å². The van der Waals surface area contributed by atoms with Gasteiger partial charge in [-0.15, -0.1) is 0 Å². The number of rotatable bonds is 3. The van der Waals surface area contributed by atoms with Crippen LogP contribution in [-0.4, -0.2) is 61.0 Å². The predicted octanol–water partition coefficient (Wildman–Crippen LogP) is 2.63. The number of fused-ring (bicyclic) bond motifs is 1. The summed E-state index contributed by atoms with van der Waals surface area (Å²) in [5.74, 6) is 1.06. The Labute approximate surface area is 176 Å². The molecule has 3 atom stereocenters. The number of piperidine rings is 1. The molecule has 2 heterocycles. The molecule has 8 heteroatoms. The number of carbonyl (C=O) groups excluding carboxylic acids is 2. The average Bonchev–Trinajstić information content (AvgIpc) is 3.36. The summed E-state index contributed by atoms with van der Waals surface area (Å²) < 4.78 is 0. The van der Waals surface area contributed by atoms with Crippen molar-refractivity contribution in [3.05, 3.63) is 28.8 Å². The summed E-state index contributed by atoms with van der Waals surface area (Å²) in [4.78, 5) is 37.1. The quantitative estimate of drug-likeness (QED) is 0.732. The molecule has 3 fully saturated rings. The molecule has 0 aromatic heterocycles. The number of halogens is 1. The van der Waals surface area contributed by atoms with Crippen LogP contribution in [0.25, 0.3) is 0 Å². The molecule has 0 unspecified atom stereocenters. The second-order valence-electron chi connectivity index (χ2n) is 8.04. The van der Waals surface area contributed by atoms with Gasteiger partial charge in [0.05, 0.1) is 10.7 Å². The Balaban J connectivity index is 0.000000755. The van der Waals surface area contributed by atoms with E-state index in [9.17, 15) is 9.59 Å². The van der Waals surface area contributed by atoms with Gasteiger partial charge in [0, 0.05) is 44.7 Å². The van der Waals surface area contributed by atoms with Crippen LogP contribution in [0.4, 0.5) is 5.69 Å². The lowest BCUT2D eigenvalue weighted by Gasteiger charge is -2.26. The highest BCUT2D eigenvalue weighted by atomic mass is 35.5. The van der Waals surface area contributed by atoms with Crippen molar-refractivity contribution in [3.8, 4) is 0 Å². The smallest absolute Gasteiger partial charge is 0.290 e. The predicted molar refractivity (Wildman–Crippen MR) is 111 cm³/mol. The van der Waals surface area contributed by atoms with Crippen LogP contribution in [0.3, 0.4) is 0 Å². The zero-order valence-electron chi connectivity index (χ0n) is 16.6. The summed E-state index contributed by atoms with van der Waals surface area (Å²) in [6.07, 6.45) is 4.87. The zero-order chi connectivity index (χ0) is 21.0. The Hall–Kier alpha value is -2.28. The van der Waals surface area contributed by atoms with E-state index in [1.807, 2.05) is 24.1 Å². The number of nitrogens with zero attached hydrogens (tertiary/aromatic N) is 2. The maximum Gasteiger partial charge on any atom is 0.290 e. The fraction of sp³-hybridized carbons (Fsp3) is 0.571. The molecule has 158 valence electrons. The largest absolute Gasteiger partial charge is 0.483 e. The van der Waals surface area contributed by atoms with Crippen molar-refractivity contribution in [1.29, 1.82) is 0 Å². The molecule has 1 aromatic rings. The molecular formula is C21H28ClN3O4. The molecule has 2 N–H and O–H groups in total. The summed E-state index contributed by atoms with van der Waals surface area (Å²) in [7, 11) is 1.88. The Morgan fingerprint density at radius 2 is 1.93 bits per heavy atom. The molecule has 2 aliphatic heterocycles. The fourth-order valence-corrected chi connectivity index (χ4v) is 5.08. The zero-order valence-corrected chi connectivity index (χ0v) is 17.4. The van der Waals surface area contributed by atoms with Crippen LogP contribution in [0.1, 0.15) is 42.5 Å². The molecule has 0 radical (unpaired) electrons. The van der Waals surface area contributed by atoms with Crippen molar-refractivity contribution >= 4 is 35.6 Å². The van der Waals surface area contributed by atoms with E-state index in [2.05, 4.69) is 10.2 Å². The summed E-state index contributed by atoms with van der Waals surface area (Å²) >= 11 is 6.48. The maximum absolute atomic E-state index is 13.0. The van der Waals surface area contributed by atoms with Crippen LogP contribution < -0.4 is 10.2 Å². The highest BCUT2D eigenvalue weighted by Gasteiger charge is 2.40. The molecule has 3 aliphatic rings. The van der Waals surface area contributed by atoms with Crippen molar-refractivity contribution in [2.45, 2.75) is 38.1 Å². The molecule has 2 amide bonds. The van der Waals surface area contributed by atoms with Gasteiger partial charge in [0.15, 0.2) is 0 Å². The Morgan fingerprint density at radius 3 is 2.59 bits per heavy atom. The first-order chi connectivity index (χ1) is 13.9. The van der Waals surface area contributed by atoms with Crippen LogP contribution in [0.15, 0.2) is 18.2 Å². The maximum atomic E-state index is 13.0. The number of anilines is 1. The highest BCUT2D eigenvalue weighted by molar-refractivity contribution is 6.33. The summed E-state index contributed by atoms with van der Waals surface area (Å²) in [5.41, 5.74) is 1.67. The van der Waals surface area contributed by atoms with E-state index in [4.69, 9.17) is 21.5 Å². The Kier molecular flexibility index (Phi) is 7.00. The molecule has 1 saturated carbocycles. The summed E-state index contributed by atoms with van der Waals surface area (Å²) in [6.45, 7) is 2.56. The van der Waals surface area contributed by atoms with Crippen molar-refractivity contribution in [2.24, 2.45) is 11.8 Å². The van der Waals surface area contributed by atoms with E-state index in [1.165, 1.54) is 12.8 Å². The first-order valence-electron chi connectivity index (χ1n) is 10.1. The van der Waals surface area contributed by atoms with Gasteiger partial charge in [0.25, 0.3) is 12.4 Å². The van der Waals surface area contributed by atoms with Gasteiger partial charge in [-0.3, -0.25) is 14.4 Å². The minimum atomic E-state index is -0.250. The number of hydrogen-bond acceptors (Lipinski definition) is 4. The van der Waals surface area contributed by atoms with Gasteiger partial charge < -0.3 is 20.2 Å². The van der Waals surface area contributed by atoms with Gasteiger partial charge in [0.2, 0.25) is 5.91 Å². The first-order valence-corrected chi connectivity index (χ1v) is 10.5. The molecule has 0 spiro atoms. The lowest BCUT2D eigenvalue weighted by Crippen LogP contribution is -2.38. The second-order valence-corrected chi connectivity index (χ2v) is 8.44. The van der Waals surface area contributed by atoms with Crippen LogP contribution >= 0.6 is 11.6 Å². The van der Waals surface area contributed by atoms with E-state index in [0.717, 1.165) is 38.2 Å². The summed E-state index contributed by atoms with van der Waals surface area (Å²) in [6, 6.07) is 5.88. The molecule has 1 aliphatic carbocycles. The van der Waals surface area contributed by atoms with Gasteiger partial charge in [-0.2, -0.15) is 0 Å². The second kappa shape index (κ2) is 9.48. The van der Waals surface area contributed by atoms with Crippen molar-refractivity contribution < 1.29 is 19.5 Å². The standard InChI is InChI=1S/C20H26ClN3O2.CH2O2/c1-23(16-8-14-11-19(25)22-12-15(14)9-16)20(26)13-4-5-18(17(21)10-13)24-6-2-3-7-24;2-1-3/h4-5,10,14-16H,2-3,6-9,11-12H2,1H3,(H,22,25);1H,(H,2,3)/t14-,15+,16-;/m0./s1. The van der Waals surface area contributed by atoms with Crippen LogP contribution in [0, 0.1) is 11.8 Å². The van der Waals surface area contributed by atoms with E-state index >= 15 is 0 Å².